The van der Waals surface area contributed by atoms with Crippen molar-refractivity contribution in [3.63, 3.8) is 0 Å². The fourth-order valence-corrected chi connectivity index (χ4v) is 5.03. The lowest BCUT2D eigenvalue weighted by atomic mass is 9.78. The summed E-state index contributed by atoms with van der Waals surface area (Å²) in [5, 5.41) is 10.5. The number of nitrogens with zero attached hydrogens (tertiary/aromatic N) is 1. The van der Waals surface area contributed by atoms with Crippen molar-refractivity contribution in [3.8, 4) is 17.9 Å². The number of benzene rings is 3. The Labute approximate surface area is 197 Å². The molecular weight excluding hydrogens is 405 g/mol. The van der Waals surface area contributed by atoms with E-state index in [2.05, 4.69) is 37.0 Å². The summed E-state index contributed by atoms with van der Waals surface area (Å²) in [7, 11) is 0. The first kappa shape index (κ1) is 23.1. The topological polar surface area (TPSA) is 23.8 Å². The molecule has 0 radical (unpaired) electrons. The number of aryl methyl sites for hydroxylation is 1. The van der Waals surface area contributed by atoms with E-state index >= 15 is 4.39 Å². The van der Waals surface area contributed by atoms with Gasteiger partial charge in [-0.2, -0.15) is 5.26 Å². The first-order valence-corrected chi connectivity index (χ1v) is 12.4. The van der Waals surface area contributed by atoms with Gasteiger partial charge >= 0.3 is 0 Å². The molecule has 1 saturated carbocycles. The molecule has 3 aromatic rings. The summed E-state index contributed by atoms with van der Waals surface area (Å²) in [6.45, 7) is 2.28. The molecule has 1 nitrogen and oxygen atoms in total. The number of hydrogen-bond donors (Lipinski definition) is 0. The van der Waals surface area contributed by atoms with Crippen molar-refractivity contribution in [2.75, 3.05) is 0 Å². The lowest BCUT2D eigenvalue weighted by Gasteiger charge is -2.28. The molecule has 4 rings (SSSR count). The van der Waals surface area contributed by atoms with E-state index < -0.39 is 0 Å². The van der Waals surface area contributed by atoms with Gasteiger partial charge in [-0.3, -0.25) is 0 Å². The molecule has 0 aromatic heterocycles. The molecule has 1 fully saturated rings. The summed E-state index contributed by atoms with van der Waals surface area (Å²) in [5.41, 5.74) is 3.06. The maximum absolute atomic E-state index is 15.1. The average Bonchev–Trinajstić information content (AvgIpc) is 2.86. The Bertz CT molecular complexity index is 1180. The molecule has 3 aromatic carbocycles. The van der Waals surface area contributed by atoms with Gasteiger partial charge in [0.05, 0.1) is 17.2 Å². The zero-order chi connectivity index (χ0) is 23.0. The Balaban J connectivity index is 1.39. The SMILES string of the molecule is CCCCC1CCC(CCc2ccc3c(F)c(C#Cc4ccc(C#N)cc4)ccc3c2)CC1. The highest BCUT2D eigenvalue weighted by Crippen LogP contribution is 2.34. The quantitative estimate of drug-likeness (QED) is 0.357. The van der Waals surface area contributed by atoms with Crippen molar-refractivity contribution >= 4 is 10.8 Å². The smallest absolute Gasteiger partial charge is 0.146 e. The Morgan fingerprint density at radius 2 is 1.55 bits per heavy atom. The average molecular weight is 438 g/mol. The van der Waals surface area contributed by atoms with Crippen molar-refractivity contribution in [2.45, 2.75) is 64.7 Å². The fourth-order valence-electron chi connectivity index (χ4n) is 5.03. The highest BCUT2D eigenvalue weighted by Gasteiger charge is 2.20. The van der Waals surface area contributed by atoms with Gasteiger partial charge < -0.3 is 0 Å². The minimum absolute atomic E-state index is 0.259. The largest absolute Gasteiger partial charge is 0.205 e. The molecule has 168 valence electrons. The third kappa shape index (κ3) is 6.03. The molecule has 0 N–H and O–H groups in total. The second-order valence-electron chi connectivity index (χ2n) is 9.49. The van der Waals surface area contributed by atoms with E-state index in [0.29, 0.717) is 16.5 Å². The lowest BCUT2D eigenvalue weighted by Crippen LogP contribution is -2.15. The molecule has 0 saturated heterocycles. The molecule has 1 aliphatic carbocycles. The van der Waals surface area contributed by atoms with Crippen LogP contribution in [0.1, 0.15) is 80.5 Å². The normalized spacial score (nSPS) is 17.8. The Morgan fingerprint density at radius 3 is 2.24 bits per heavy atom. The molecule has 0 heterocycles. The lowest BCUT2D eigenvalue weighted by molar-refractivity contribution is 0.250. The van der Waals surface area contributed by atoms with Crippen LogP contribution in [0.4, 0.5) is 4.39 Å². The van der Waals surface area contributed by atoms with E-state index in [-0.39, 0.29) is 5.82 Å². The summed E-state index contributed by atoms with van der Waals surface area (Å²) >= 11 is 0. The van der Waals surface area contributed by atoms with Crippen LogP contribution in [-0.4, -0.2) is 0 Å². The van der Waals surface area contributed by atoms with Crippen LogP contribution in [0.15, 0.2) is 54.6 Å². The number of unbranched alkanes of at least 4 members (excludes halogenated alkanes) is 1. The number of rotatable bonds is 6. The highest BCUT2D eigenvalue weighted by molar-refractivity contribution is 5.85. The van der Waals surface area contributed by atoms with Crippen molar-refractivity contribution in [1.82, 2.24) is 0 Å². The summed E-state index contributed by atoms with van der Waals surface area (Å²) in [6, 6.07) is 19.0. The molecule has 2 heteroatoms. The summed E-state index contributed by atoms with van der Waals surface area (Å²) in [5.74, 6) is 7.49. The second kappa shape index (κ2) is 11.2. The van der Waals surface area contributed by atoms with Gasteiger partial charge in [-0.15, -0.1) is 0 Å². The van der Waals surface area contributed by atoms with Gasteiger partial charge in [0, 0.05) is 10.9 Å². The third-order valence-electron chi connectivity index (χ3n) is 7.15. The zero-order valence-corrected chi connectivity index (χ0v) is 19.5. The van der Waals surface area contributed by atoms with E-state index in [1.54, 1.807) is 30.3 Å². The molecule has 0 spiro atoms. The molecule has 33 heavy (non-hydrogen) atoms. The molecule has 0 unspecified atom stereocenters. The van der Waals surface area contributed by atoms with Crippen molar-refractivity contribution < 1.29 is 4.39 Å². The van der Waals surface area contributed by atoms with Gasteiger partial charge in [0.25, 0.3) is 0 Å². The van der Waals surface area contributed by atoms with Gasteiger partial charge in [0.15, 0.2) is 0 Å². The van der Waals surface area contributed by atoms with Crippen LogP contribution in [0.3, 0.4) is 0 Å². The van der Waals surface area contributed by atoms with Crippen molar-refractivity contribution in [3.05, 3.63) is 82.7 Å². The second-order valence-corrected chi connectivity index (χ2v) is 9.49. The molecule has 0 amide bonds. The first-order valence-electron chi connectivity index (χ1n) is 12.4. The predicted octanol–water partition coefficient (Wildman–Crippen LogP) is 8.18. The molecule has 1 aliphatic rings. The van der Waals surface area contributed by atoms with E-state index in [1.165, 1.54) is 56.9 Å². The molecule has 0 atom stereocenters. The Kier molecular flexibility index (Phi) is 7.80. The first-order chi connectivity index (χ1) is 16.2. The standard InChI is InChI=1S/C31H32FN/c1-2-3-4-23-5-7-24(8-6-23)9-12-26-16-20-30-29(21-26)19-18-28(31(30)32)17-15-25-10-13-27(22-33)14-11-25/h10-11,13-14,16,18-21,23-24H,2-9,12H2,1H3. The van der Waals surface area contributed by atoms with Crippen LogP contribution >= 0.6 is 0 Å². The monoisotopic (exact) mass is 437 g/mol. The predicted molar refractivity (Wildman–Crippen MR) is 134 cm³/mol. The van der Waals surface area contributed by atoms with Crippen LogP contribution < -0.4 is 0 Å². The van der Waals surface area contributed by atoms with E-state index in [0.717, 1.165) is 29.2 Å². The maximum atomic E-state index is 15.1. The van der Waals surface area contributed by atoms with Crippen LogP contribution in [0.2, 0.25) is 0 Å². The summed E-state index contributed by atoms with van der Waals surface area (Å²) in [4.78, 5) is 0. The highest BCUT2D eigenvalue weighted by atomic mass is 19.1. The van der Waals surface area contributed by atoms with Crippen molar-refractivity contribution in [2.24, 2.45) is 11.8 Å². The van der Waals surface area contributed by atoms with E-state index in [4.69, 9.17) is 5.26 Å². The number of nitriles is 1. The minimum Gasteiger partial charge on any atom is -0.205 e. The number of fused-ring (bicyclic) bond motifs is 1. The van der Waals surface area contributed by atoms with Gasteiger partial charge in [0.2, 0.25) is 0 Å². The van der Waals surface area contributed by atoms with Gasteiger partial charge in [-0.25, -0.2) is 4.39 Å². The third-order valence-corrected chi connectivity index (χ3v) is 7.15. The summed E-state index contributed by atoms with van der Waals surface area (Å²) in [6.07, 6.45) is 12.0. The van der Waals surface area contributed by atoms with Gasteiger partial charge in [0.1, 0.15) is 5.82 Å². The number of hydrogen-bond acceptors (Lipinski definition) is 1. The molecular formula is C31H32FN. The van der Waals surface area contributed by atoms with E-state index in [1.807, 2.05) is 12.1 Å². The van der Waals surface area contributed by atoms with Gasteiger partial charge in [-0.1, -0.05) is 88.0 Å². The van der Waals surface area contributed by atoms with Crippen LogP contribution in [-0.2, 0) is 6.42 Å². The van der Waals surface area contributed by atoms with Crippen LogP contribution in [0.5, 0.6) is 0 Å². The molecule has 0 aliphatic heterocycles. The van der Waals surface area contributed by atoms with Crippen LogP contribution in [0.25, 0.3) is 10.8 Å². The Hall–Kier alpha value is -3.10. The fraction of sp³-hybridized carbons (Fsp3) is 0.387. The van der Waals surface area contributed by atoms with Gasteiger partial charge in [-0.05, 0) is 66.0 Å². The van der Waals surface area contributed by atoms with Crippen molar-refractivity contribution in [1.29, 1.82) is 5.26 Å². The molecule has 0 bridgehead atoms. The minimum atomic E-state index is -0.259. The zero-order valence-electron chi connectivity index (χ0n) is 19.5. The Morgan fingerprint density at radius 1 is 0.848 bits per heavy atom. The van der Waals surface area contributed by atoms with Crippen LogP contribution in [0, 0.1) is 40.8 Å². The number of halogens is 1. The maximum Gasteiger partial charge on any atom is 0.146 e. The van der Waals surface area contributed by atoms with E-state index in [9.17, 15) is 0 Å². The summed E-state index contributed by atoms with van der Waals surface area (Å²) < 4.78 is 15.1.